The van der Waals surface area contributed by atoms with Gasteiger partial charge in [-0.15, -0.1) is 0 Å². The van der Waals surface area contributed by atoms with E-state index in [4.69, 9.17) is 10.5 Å². The number of rotatable bonds is 6. The first-order chi connectivity index (χ1) is 9.24. The lowest BCUT2D eigenvalue weighted by molar-refractivity contribution is -0.128. The molecule has 1 aromatic carbocycles. The Morgan fingerprint density at radius 1 is 1.35 bits per heavy atom. The van der Waals surface area contributed by atoms with Crippen LogP contribution in [0.3, 0.4) is 0 Å². The van der Waals surface area contributed by atoms with Crippen molar-refractivity contribution in [1.29, 1.82) is 0 Å². The van der Waals surface area contributed by atoms with Crippen molar-refractivity contribution in [2.45, 2.75) is 33.8 Å². The fraction of sp³-hybridized carbons (Fsp3) is 0.533. The molecule has 1 amide bonds. The third-order valence-corrected chi connectivity index (χ3v) is 2.88. The molecule has 5 nitrogen and oxygen atoms in total. The Morgan fingerprint density at radius 3 is 2.55 bits per heavy atom. The molecule has 1 aromatic rings. The number of ether oxygens (including phenoxy) is 1. The van der Waals surface area contributed by atoms with Crippen molar-refractivity contribution in [1.82, 2.24) is 5.32 Å². The molecule has 0 radical (unpaired) electrons. The Hall–Kier alpha value is -1.91. The summed E-state index contributed by atoms with van der Waals surface area (Å²) in [5, 5.41) is 5.90. The minimum atomic E-state index is -0.502. The minimum absolute atomic E-state index is 0.00689. The van der Waals surface area contributed by atoms with E-state index in [-0.39, 0.29) is 12.0 Å². The Balaban J connectivity index is 2.77. The van der Waals surface area contributed by atoms with Gasteiger partial charge in [-0.05, 0) is 33.8 Å². The van der Waals surface area contributed by atoms with Crippen LogP contribution in [0.4, 0.5) is 11.4 Å². The summed E-state index contributed by atoms with van der Waals surface area (Å²) in [5.41, 5.74) is 6.83. The zero-order chi connectivity index (χ0) is 15.3. The standard InChI is InChI=1S/C15H25N3O2/c1-10(2)20-13-7-11(16)6-12(8-13)18-9-15(3,4)14(19)17-5/h6-8,10,18H,9,16H2,1-5H3,(H,17,19). The van der Waals surface area contributed by atoms with E-state index in [0.29, 0.717) is 12.2 Å². The van der Waals surface area contributed by atoms with E-state index in [1.165, 1.54) is 0 Å². The molecule has 0 fully saturated rings. The van der Waals surface area contributed by atoms with Gasteiger partial charge in [0.05, 0.1) is 11.5 Å². The lowest BCUT2D eigenvalue weighted by Crippen LogP contribution is -2.39. The van der Waals surface area contributed by atoms with E-state index in [0.717, 1.165) is 11.4 Å². The highest BCUT2D eigenvalue weighted by Gasteiger charge is 2.26. The van der Waals surface area contributed by atoms with Gasteiger partial charge < -0.3 is 21.1 Å². The van der Waals surface area contributed by atoms with Gasteiger partial charge in [-0.2, -0.15) is 0 Å². The molecule has 1 rings (SSSR count). The average Bonchev–Trinajstić information content (AvgIpc) is 2.34. The number of nitrogen functional groups attached to an aromatic ring is 1. The van der Waals surface area contributed by atoms with Crippen LogP contribution in [0.1, 0.15) is 27.7 Å². The second kappa shape index (κ2) is 6.50. The molecule has 0 aromatic heterocycles. The van der Waals surface area contributed by atoms with Crippen LogP contribution in [0.15, 0.2) is 18.2 Å². The topological polar surface area (TPSA) is 76.4 Å². The monoisotopic (exact) mass is 279 g/mol. The van der Waals surface area contributed by atoms with Crippen molar-refractivity contribution in [3.05, 3.63) is 18.2 Å². The lowest BCUT2D eigenvalue weighted by atomic mass is 9.92. The Kier molecular flexibility index (Phi) is 5.25. The van der Waals surface area contributed by atoms with Crippen LogP contribution in [0.25, 0.3) is 0 Å². The average molecular weight is 279 g/mol. The van der Waals surface area contributed by atoms with Crippen molar-refractivity contribution >= 4 is 17.3 Å². The molecule has 0 aliphatic heterocycles. The number of hydrogen-bond donors (Lipinski definition) is 3. The van der Waals surface area contributed by atoms with Crippen LogP contribution in [-0.4, -0.2) is 25.6 Å². The van der Waals surface area contributed by atoms with Gasteiger partial charge in [-0.1, -0.05) is 0 Å². The van der Waals surface area contributed by atoms with Crippen LogP contribution < -0.4 is 21.1 Å². The van der Waals surface area contributed by atoms with Gasteiger partial charge in [-0.25, -0.2) is 0 Å². The summed E-state index contributed by atoms with van der Waals surface area (Å²) >= 11 is 0. The number of benzene rings is 1. The largest absolute Gasteiger partial charge is 0.491 e. The summed E-state index contributed by atoms with van der Waals surface area (Å²) in [6.45, 7) is 8.21. The first-order valence-electron chi connectivity index (χ1n) is 6.78. The van der Waals surface area contributed by atoms with E-state index < -0.39 is 5.41 Å². The van der Waals surface area contributed by atoms with Gasteiger partial charge in [-0.3, -0.25) is 4.79 Å². The lowest BCUT2D eigenvalue weighted by Gasteiger charge is -2.24. The third-order valence-electron chi connectivity index (χ3n) is 2.88. The maximum Gasteiger partial charge on any atom is 0.227 e. The highest BCUT2D eigenvalue weighted by atomic mass is 16.5. The number of carbonyl (C=O) groups excluding carboxylic acids is 1. The van der Waals surface area contributed by atoms with Crippen molar-refractivity contribution < 1.29 is 9.53 Å². The second-order valence-corrected chi connectivity index (χ2v) is 5.77. The van der Waals surface area contributed by atoms with E-state index in [9.17, 15) is 4.79 Å². The van der Waals surface area contributed by atoms with Gasteiger partial charge in [0.15, 0.2) is 0 Å². The zero-order valence-corrected chi connectivity index (χ0v) is 12.9. The van der Waals surface area contributed by atoms with E-state index >= 15 is 0 Å². The third kappa shape index (κ3) is 4.64. The molecule has 0 saturated carbocycles. The number of hydrogen-bond acceptors (Lipinski definition) is 4. The Morgan fingerprint density at radius 2 is 2.00 bits per heavy atom. The molecule has 112 valence electrons. The number of carbonyl (C=O) groups is 1. The van der Waals surface area contributed by atoms with Crippen LogP contribution in [0.2, 0.25) is 0 Å². The summed E-state index contributed by atoms with van der Waals surface area (Å²) in [6.07, 6.45) is 0.0898. The predicted octanol–water partition coefficient (Wildman–Crippen LogP) is 2.24. The fourth-order valence-corrected chi connectivity index (χ4v) is 1.81. The van der Waals surface area contributed by atoms with Gasteiger partial charge in [0.25, 0.3) is 0 Å². The summed E-state index contributed by atoms with van der Waals surface area (Å²) in [5.74, 6) is 0.716. The van der Waals surface area contributed by atoms with E-state index in [2.05, 4.69) is 10.6 Å². The highest BCUT2D eigenvalue weighted by molar-refractivity contribution is 5.82. The Labute approximate surface area is 120 Å². The van der Waals surface area contributed by atoms with Gasteiger partial charge in [0, 0.05) is 37.1 Å². The summed E-state index contributed by atoms with van der Waals surface area (Å²) in [7, 11) is 1.64. The van der Waals surface area contributed by atoms with Crippen molar-refractivity contribution in [2.75, 3.05) is 24.6 Å². The van der Waals surface area contributed by atoms with Crippen molar-refractivity contribution in [3.8, 4) is 5.75 Å². The number of amides is 1. The fourth-order valence-electron chi connectivity index (χ4n) is 1.81. The number of nitrogens with one attached hydrogen (secondary N) is 2. The van der Waals surface area contributed by atoms with Gasteiger partial charge in [0.1, 0.15) is 5.75 Å². The van der Waals surface area contributed by atoms with E-state index in [1.54, 1.807) is 13.1 Å². The molecular weight excluding hydrogens is 254 g/mol. The molecule has 0 atom stereocenters. The van der Waals surface area contributed by atoms with Crippen LogP contribution >= 0.6 is 0 Å². The molecule has 5 heteroatoms. The maximum atomic E-state index is 11.7. The highest BCUT2D eigenvalue weighted by Crippen LogP contribution is 2.25. The molecule has 0 aliphatic carbocycles. The normalized spacial score (nSPS) is 11.3. The SMILES string of the molecule is CNC(=O)C(C)(C)CNc1cc(N)cc(OC(C)C)c1. The van der Waals surface area contributed by atoms with Crippen LogP contribution in [-0.2, 0) is 4.79 Å². The molecule has 20 heavy (non-hydrogen) atoms. The van der Waals surface area contributed by atoms with E-state index in [1.807, 2.05) is 39.8 Å². The quantitative estimate of drug-likeness (QED) is 0.698. The molecule has 0 saturated heterocycles. The van der Waals surface area contributed by atoms with Crippen LogP contribution in [0, 0.1) is 5.41 Å². The smallest absolute Gasteiger partial charge is 0.227 e. The summed E-state index contributed by atoms with van der Waals surface area (Å²) < 4.78 is 5.64. The van der Waals surface area contributed by atoms with Crippen molar-refractivity contribution in [2.24, 2.45) is 5.41 Å². The Bertz CT molecular complexity index is 470. The first kappa shape index (κ1) is 16.1. The summed E-state index contributed by atoms with van der Waals surface area (Å²) in [6, 6.07) is 5.50. The van der Waals surface area contributed by atoms with Crippen LogP contribution in [0.5, 0.6) is 5.75 Å². The van der Waals surface area contributed by atoms with Gasteiger partial charge >= 0.3 is 0 Å². The molecular formula is C15H25N3O2. The molecule has 0 aliphatic rings. The molecule has 4 N–H and O–H groups in total. The number of anilines is 2. The number of nitrogens with two attached hydrogens (primary N) is 1. The summed E-state index contributed by atoms with van der Waals surface area (Å²) in [4.78, 5) is 11.7. The first-order valence-corrected chi connectivity index (χ1v) is 6.78. The molecule has 0 heterocycles. The molecule has 0 bridgehead atoms. The van der Waals surface area contributed by atoms with Crippen molar-refractivity contribution in [3.63, 3.8) is 0 Å². The molecule has 0 spiro atoms. The van der Waals surface area contributed by atoms with Gasteiger partial charge in [0.2, 0.25) is 5.91 Å². The second-order valence-electron chi connectivity index (χ2n) is 5.77. The zero-order valence-electron chi connectivity index (χ0n) is 12.9. The maximum absolute atomic E-state index is 11.7. The predicted molar refractivity (Wildman–Crippen MR) is 83.0 cm³/mol. The molecule has 0 unspecified atom stereocenters. The minimum Gasteiger partial charge on any atom is -0.491 e.